The molecule has 1 aliphatic heterocycles. The summed E-state index contributed by atoms with van der Waals surface area (Å²) >= 11 is 0. The fraction of sp³-hybridized carbons (Fsp3) is 0.111. The molecule has 0 amide bonds. The number of fused-ring (bicyclic) bond motifs is 2. The highest BCUT2D eigenvalue weighted by atomic mass is 32.2. The highest BCUT2D eigenvalue weighted by Gasteiger charge is 2.23. The first-order valence-electron chi connectivity index (χ1n) is 15.8. The lowest BCUT2D eigenvalue weighted by Crippen LogP contribution is -2.11. The molecule has 0 saturated heterocycles. The van der Waals surface area contributed by atoms with Gasteiger partial charge >= 0.3 is 5.97 Å². The van der Waals surface area contributed by atoms with E-state index in [1.54, 1.807) is 54.6 Å². The molecule has 0 saturated carbocycles. The Hall–Kier alpha value is -5.63. The molecule has 6 rings (SSSR count). The number of nitrogens with zero attached hydrogens (tertiary/aromatic N) is 1. The Balaban J connectivity index is 1.36. The second kappa shape index (κ2) is 14.7. The van der Waals surface area contributed by atoms with E-state index >= 15 is 0 Å². The Labute approximate surface area is 308 Å². The maximum atomic E-state index is 12.3. The van der Waals surface area contributed by atoms with Crippen molar-refractivity contribution >= 4 is 53.0 Å². The number of carbonyl (C=O) groups is 1. The normalized spacial score (nSPS) is 12.7. The van der Waals surface area contributed by atoms with Gasteiger partial charge in [-0.2, -0.15) is 25.3 Å². The van der Waals surface area contributed by atoms with E-state index in [9.17, 15) is 53.9 Å². The quantitative estimate of drug-likeness (QED) is 0.0692. The molecule has 6 N–H and O–H groups in total. The van der Waals surface area contributed by atoms with E-state index in [-0.39, 0.29) is 42.8 Å². The SMILES string of the molecule is O=C(O)c1ccccc1-c1c2cc/c(=N/CCc3ccc(S(=O)(=O)O)cc3O)cc-2oc2cc(NCCc3ccc(S(=O)(=O)O)cc3S(=O)(=O)O)ccc12. The van der Waals surface area contributed by atoms with E-state index in [1.165, 1.54) is 24.3 Å². The number of carboxylic acid groups (broad SMARTS) is 1. The summed E-state index contributed by atoms with van der Waals surface area (Å²) in [6.45, 7) is 0.289. The van der Waals surface area contributed by atoms with Gasteiger partial charge in [-0.1, -0.05) is 30.3 Å². The molecule has 1 aliphatic carbocycles. The molecule has 18 heteroatoms. The Morgan fingerprint density at radius 1 is 0.704 bits per heavy atom. The van der Waals surface area contributed by atoms with Gasteiger partial charge in [-0.05, 0) is 78.1 Å². The molecule has 0 aromatic heterocycles. The number of nitrogens with one attached hydrogen (secondary N) is 1. The van der Waals surface area contributed by atoms with Crippen molar-refractivity contribution in [1.29, 1.82) is 0 Å². The van der Waals surface area contributed by atoms with E-state index in [1.807, 2.05) is 0 Å². The number of aromatic carboxylic acids is 1. The zero-order valence-corrected chi connectivity index (χ0v) is 30.2. The molecule has 0 unspecified atom stereocenters. The van der Waals surface area contributed by atoms with Gasteiger partial charge in [0.1, 0.15) is 17.1 Å². The predicted octanol–water partition coefficient (Wildman–Crippen LogP) is 5.15. The Bertz CT molecular complexity index is 2830. The van der Waals surface area contributed by atoms with Crippen LogP contribution >= 0.6 is 0 Å². The summed E-state index contributed by atoms with van der Waals surface area (Å²) < 4.78 is 104. The highest BCUT2D eigenvalue weighted by Crippen LogP contribution is 2.41. The number of benzene rings is 5. The van der Waals surface area contributed by atoms with Crippen molar-refractivity contribution in [3.05, 3.63) is 119 Å². The standard InChI is InChI=1S/C36H30N2O13S3/c39-31-19-25(52(42,43)44)9-5-21(31)13-15-37-23-7-11-29-32(17-23)51-33-18-24(8-12-30(33)35(29)27-3-1-2-4-28(27)36(40)41)38-16-14-22-6-10-26(53(45,46)47)20-34(22)54(48,49)50/h1-12,17-20,38-39H,13-16H2,(H,40,41)(H,42,43,44)(H,45,46,47)(H,48,49,50)/b37-23-. The predicted molar refractivity (Wildman–Crippen MR) is 196 cm³/mol. The number of aromatic hydroxyl groups is 1. The van der Waals surface area contributed by atoms with Crippen molar-refractivity contribution in [3.63, 3.8) is 0 Å². The first kappa shape index (κ1) is 38.1. The Morgan fingerprint density at radius 3 is 2.06 bits per heavy atom. The zero-order valence-electron chi connectivity index (χ0n) is 27.7. The summed E-state index contributed by atoms with van der Waals surface area (Å²) in [6.07, 6.45) is 0.242. The smallest absolute Gasteiger partial charge is 0.336 e. The van der Waals surface area contributed by atoms with Crippen molar-refractivity contribution in [2.45, 2.75) is 27.5 Å². The minimum absolute atomic E-state index is 0.0122. The number of phenolic OH excluding ortho intramolecular Hbond substituents is 1. The molecule has 280 valence electrons. The lowest BCUT2D eigenvalue weighted by atomic mass is 9.90. The van der Waals surface area contributed by atoms with Gasteiger partial charge in [0.05, 0.1) is 25.6 Å². The third kappa shape index (κ3) is 8.28. The van der Waals surface area contributed by atoms with Crippen LogP contribution in [0.4, 0.5) is 5.69 Å². The Kier molecular flexibility index (Phi) is 10.3. The van der Waals surface area contributed by atoms with Crippen LogP contribution in [-0.4, -0.2) is 68.2 Å². The second-order valence-corrected chi connectivity index (χ2v) is 16.2. The van der Waals surface area contributed by atoms with E-state index < -0.39 is 51.0 Å². The van der Waals surface area contributed by atoms with Gasteiger partial charge in [-0.25, -0.2) is 4.79 Å². The maximum Gasteiger partial charge on any atom is 0.336 e. The number of phenols is 1. The molecular formula is C36H30N2O13S3. The van der Waals surface area contributed by atoms with Gasteiger partial charge in [-0.15, -0.1) is 0 Å². The van der Waals surface area contributed by atoms with Crippen LogP contribution in [0.2, 0.25) is 0 Å². The molecule has 1 heterocycles. The van der Waals surface area contributed by atoms with Crippen LogP contribution < -0.4 is 10.7 Å². The van der Waals surface area contributed by atoms with Crippen molar-refractivity contribution in [3.8, 4) is 28.2 Å². The fourth-order valence-electron chi connectivity index (χ4n) is 5.97. The molecule has 4 aromatic rings. The summed E-state index contributed by atoms with van der Waals surface area (Å²) in [5, 5.41) is 24.5. The largest absolute Gasteiger partial charge is 0.508 e. The third-order valence-corrected chi connectivity index (χ3v) is 11.1. The molecule has 4 aromatic carbocycles. The minimum Gasteiger partial charge on any atom is -0.508 e. The van der Waals surface area contributed by atoms with Crippen molar-refractivity contribution in [2.24, 2.45) is 4.99 Å². The average molecular weight is 795 g/mol. The summed E-state index contributed by atoms with van der Waals surface area (Å²) in [5.74, 6) is -1.10. The fourth-order valence-corrected chi connectivity index (χ4v) is 7.83. The number of carboxylic acids is 1. The van der Waals surface area contributed by atoms with E-state index in [2.05, 4.69) is 10.3 Å². The molecule has 15 nitrogen and oxygen atoms in total. The van der Waals surface area contributed by atoms with Crippen molar-refractivity contribution in [1.82, 2.24) is 0 Å². The summed E-state index contributed by atoms with van der Waals surface area (Å²) in [6, 6.07) is 23.1. The van der Waals surface area contributed by atoms with Gasteiger partial charge in [0.25, 0.3) is 30.4 Å². The molecule has 0 fully saturated rings. The van der Waals surface area contributed by atoms with Gasteiger partial charge in [0.2, 0.25) is 0 Å². The molecule has 2 aliphatic rings. The maximum absolute atomic E-state index is 12.3. The van der Waals surface area contributed by atoms with Crippen LogP contribution in [0.25, 0.3) is 33.4 Å². The summed E-state index contributed by atoms with van der Waals surface area (Å²) in [5.41, 5.74) is 2.99. The zero-order chi connectivity index (χ0) is 39.0. The molecule has 0 bridgehead atoms. The van der Waals surface area contributed by atoms with Gasteiger partial charge in [-0.3, -0.25) is 18.7 Å². The van der Waals surface area contributed by atoms with Gasteiger partial charge in [0, 0.05) is 53.5 Å². The highest BCUT2D eigenvalue weighted by molar-refractivity contribution is 7.86. The van der Waals surface area contributed by atoms with Crippen LogP contribution in [0.5, 0.6) is 5.75 Å². The van der Waals surface area contributed by atoms with Crippen LogP contribution in [0.15, 0.2) is 121 Å². The summed E-state index contributed by atoms with van der Waals surface area (Å²) in [7, 11) is -14.1. The second-order valence-electron chi connectivity index (χ2n) is 12.0. The van der Waals surface area contributed by atoms with E-state index in [0.29, 0.717) is 56.1 Å². The van der Waals surface area contributed by atoms with E-state index in [4.69, 9.17) is 4.42 Å². The molecule has 0 spiro atoms. The molecule has 0 atom stereocenters. The van der Waals surface area contributed by atoms with Crippen LogP contribution in [0.3, 0.4) is 0 Å². The Morgan fingerprint density at radius 2 is 1.39 bits per heavy atom. The lowest BCUT2D eigenvalue weighted by molar-refractivity contribution is 0.0697. The molecule has 54 heavy (non-hydrogen) atoms. The molecule has 0 radical (unpaired) electrons. The third-order valence-electron chi connectivity index (χ3n) is 8.50. The van der Waals surface area contributed by atoms with Gasteiger partial charge in [0.15, 0.2) is 0 Å². The van der Waals surface area contributed by atoms with Crippen LogP contribution in [-0.2, 0) is 43.2 Å². The molecular weight excluding hydrogens is 765 g/mol. The number of hydrogen-bond acceptors (Lipinski definition) is 11. The van der Waals surface area contributed by atoms with Crippen molar-refractivity contribution in [2.75, 3.05) is 18.4 Å². The number of hydrogen-bond donors (Lipinski definition) is 6. The van der Waals surface area contributed by atoms with Crippen LogP contribution in [0.1, 0.15) is 21.5 Å². The van der Waals surface area contributed by atoms with E-state index in [0.717, 1.165) is 12.1 Å². The van der Waals surface area contributed by atoms with Gasteiger partial charge < -0.3 is 19.9 Å². The number of anilines is 1. The van der Waals surface area contributed by atoms with Crippen molar-refractivity contribution < 1.29 is 58.3 Å². The first-order valence-corrected chi connectivity index (χ1v) is 20.2. The van der Waals surface area contributed by atoms with Crippen LogP contribution in [0, 0.1) is 0 Å². The average Bonchev–Trinajstić information content (AvgIpc) is 3.10. The monoisotopic (exact) mass is 794 g/mol. The summed E-state index contributed by atoms with van der Waals surface area (Å²) in [4.78, 5) is 15.0. The topological polar surface area (TPSA) is 258 Å². The number of rotatable bonds is 12. The first-order chi connectivity index (χ1) is 25.4. The minimum atomic E-state index is -4.84. The lowest BCUT2D eigenvalue weighted by Gasteiger charge is -2.18.